The van der Waals surface area contributed by atoms with Crippen LogP contribution in [0.5, 0.6) is 0 Å². The summed E-state index contributed by atoms with van der Waals surface area (Å²) in [6.45, 7) is 11.0. The molecule has 1 aromatic carbocycles. The molecule has 122 valence electrons. The SMILES string of the molecule is CC(C)(C)C(=O)NC(NC(=O)C(C)(C)C)c1ccc(Br)cc1. The maximum atomic E-state index is 12.3. The van der Waals surface area contributed by atoms with E-state index in [0.29, 0.717) is 0 Å². The van der Waals surface area contributed by atoms with Crippen LogP contribution < -0.4 is 10.6 Å². The number of amides is 2. The largest absolute Gasteiger partial charge is 0.332 e. The predicted molar refractivity (Wildman–Crippen MR) is 92.1 cm³/mol. The number of carbonyl (C=O) groups is 2. The lowest BCUT2D eigenvalue weighted by Gasteiger charge is -2.28. The van der Waals surface area contributed by atoms with Crippen molar-refractivity contribution in [2.24, 2.45) is 10.8 Å². The van der Waals surface area contributed by atoms with E-state index in [2.05, 4.69) is 26.6 Å². The van der Waals surface area contributed by atoms with Crippen LogP contribution in [0.25, 0.3) is 0 Å². The molecule has 0 saturated carbocycles. The van der Waals surface area contributed by atoms with E-state index in [1.165, 1.54) is 0 Å². The predicted octanol–water partition coefficient (Wildman–Crippen LogP) is 3.77. The first-order chi connectivity index (χ1) is 9.91. The maximum absolute atomic E-state index is 12.3. The normalized spacial score (nSPS) is 12.2. The Kier molecular flexibility index (Phi) is 5.79. The molecule has 0 spiro atoms. The van der Waals surface area contributed by atoms with Gasteiger partial charge >= 0.3 is 0 Å². The molecule has 0 unspecified atom stereocenters. The number of hydrogen-bond donors (Lipinski definition) is 2. The van der Waals surface area contributed by atoms with Gasteiger partial charge in [-0.15, -0.1) is 0 Å². The summed E-state index contributed by atoms with van der Waals surface area (Å²) >= 11 is 3.39. The lowest BCUT2D eigenvalue weighted by Crippen LogP contribution is -2.47. The topological polar surface area (TPSA) is 58.2 Å². The van der Waals surface area contributed by atoms with Gasteiger partial charge in [0.05, 0.1) is 0 Å². The quantitative estimate of drug-likeness (QED) is 0.797. The highest BCUT2D eigenvalue weighted by Crippen LogP contribution is 2.21. The van der Waals surface area contributed by atoms with Crippen molar-refractivity contribution in [3.05, 3.63) is 34.3 Å². The molecule has 2 amide bonds. The summed E-state index contributed by atoms with van der Waals surface area (Å²) in [7, 11) is 0. The molecular weight excluding hydrogens is 344 g/mol. The van der Waals surface area contributed by atoms with E-state index >= 15 is 0 Å². The summed E-state index contributed by atoms with van der Waals surface area (Å²) in [5, 5.41) is 5.82. The molecule has 0 aliphatic heterocycles. The Hall–Kier alpha value is -1.36. The minimum atomic E-state index is -0.549. The zero-order chi connectivity index (χ0) is 17.1. The lowest BCUT2D eigenvalue weighted by molar-refractivity contribution is -0.132. The van der Waals surface area contributed by atoms with Gasteiger partial charge in [-0.05, 0) is 17.7 Å². The van der Waals surface area contributed by atoms with E-state index in [-0.39, 0.29) is 11.8 Å². The van der Waals surface area contributed by atoms with E-state index in [4.69, 9.17) is 0 Å². The molecule has 0 radical (unpaired) electrons. The third-order valence-electron chi connectivity index (χ3n) is 3.12. The van der Waals surface area contributed by atoms with Crippen LogP contribution >= 0.6 is 15.9 Å². The van der Waals surface area contributed by atoms with Crippen LogP contribution in [0, 0.1) is 10.8 Å². The van der Waals surface area contributed by atoms with Crippen molar-refractivity contribution in [3.63, 3.8) is 0 Å². The number of nitrogens with one attached hydrogen (secondary N) is 2. The summed E-state index contributed by atoms with van der Waals surface area (Å²) < 4.78 is 0.944. The second-order valence-electron chi connectivity index (χ2n) is 7.43. The van der Waals surface area contributed by atoms with Crippen LogP contribution in [-0.2, 0) is 9.59 Å². The van der Waals surface area contributed by atoms with Crippen LogP contribution in [0.1, 0.15) is 53.3 Å². The minimum absolute atomic E-state index is 0.116. The molecule has 1 aromatic rings. The minimum Gasteiger partial charge on any atom is -0.332 e. The van der Waals surface area contributed by atoms with Crippen LogP contribution in [0.3, 0.4) is 0 Å². The van der Waals surface area contributed by atoms with E-state index in [1.54, 1.807) is 0 Å². The molecule has 1 rings (SSSR count). The first-order valence-electron chi connectivity index (χ1n) is 7.28. The highest BCUT2D eigenvalue weighted by molar-refractivity contribution is 9.10. The third kappa shape index (κ3) is 5.44. The lowest BCUT2D eigenvalue weighted by atomic mass is 9.94. The molecule has 0 fully saturated rings. The summed E-state index contributed by atoms with van der Waals surface area (Å²) in [5.74, 6) is -0.232. The van der Waals surface area contributed by atoms with Gasteiger partial charge in [-0.3, -0.25) is 9.59 Å². The first-order valence-corrected chi connectivity index (χ1v) is 8.08. The van der Waals surface area contributed by atoms with Crippen LogP contribution in [-0.4, -0.2) is 11.8 Å². The summed E-state index contributed by atoms with van der Waals surface area (Å²) in [6, 6.07) is 7.52. The second-order valence-corrected chi connectivity index (χ2v) is 8.35. The number of rotatable bonds is 3. The van der Waals surface area contributed by atoms with Crippen LogP contribution in [0.4, 0.5) is 0 Å². The van der Waals surface area contributed by atoms with E-state index in [0.717, 1.165) is 10.0 Å². The average Bonchev–Trinajstić information content (AvgIpc) is 2.36. The fraction of sp³-hybridized carbons (Fsp3) is 0.529. The van der Waals surface area contributed by atoms with Gasteiger partial charge in [0, 0.05) is 15.3 Å². The monoisotopic (exact) mass is 368 g/mol. The third-order valence-corrected chi connectivity index (χ3v) is 3.65. The molecular formula is C17H25BrN2O2. The van der Waals surface area contributed by atoms with Crippen LogP contribution in [0.2, 0.25) is 0 Å². The molecule has 0 saturated heterocycles. The van der Waals surface area contributed by atoms with Crippen LogP contribution in [0.15, 0.2) is 28.7 Å². The zero-order valence-corrected chi connectivity index (χ0v) is 15.7. The Balaban J connectivity index is 3.02. The molecule has 5 heteroatoms. The molecule has 22 heavy (non-hydrogen) atoms. The molecule has 0 atom stereocenters. The van der Waals surface area contributed by atoms with Gasteiger partial charge in [-0.2, -0.15) is 0 Å². The standard InChI is InChI=1S/C17H25BrN2O2/c1-16(2,3)14(21)19-13(20-15(22)17(4,5)6)11-7-9-12(18)10-8-11/h7-10,13H,1-6H3,(H,19,21)(H,20,22). The van der Waals surface area contributed by atoms with E-state index in [1.807, 2.05) is 65.8 Å². The molecule has 0 aliphatic rings. The summed E-state index contributed by atoms with van der Waals surface area (Å²) in [4.78, 5) is 24.5. The van der Waals surface area contributed by atoms with Gasteiger partial charge in [0.15, 0.2) is 0 Å². The maximum Gasteiger partial charge on any atom is 0.227 e. The Labute approximate surface area is 141 Å². The number of carbonyl (C=O) groups excluding carboxylic acids is 2. The zero-order valence-electron chi connectivity index (χ0n) is 14.1. The number of benzene rings is 1. The van der Waals surface area contributed by atoms with Crippen molar-refractivity contribution in [1.29, 1.82) is 0 Å². The van der Waals surface area contributed by atoms with Crippen molar-refractivity contribution in [2.45, 2.75) is 47.7 Å². The van der Waals surface area contributed by atoms with Crippen molar-refractivity contribution < 1.29 is 9.59 Å². The molecule has 0 bridgehead atoms. The molecule has 4 nitrogen and oxygen atoms in total. The molecule has 2 N–H and O–H groups in total. The van der Waals surface area contributed by atoms with E-state index in [9.17, 15) is 9.59 Å². The highest BCUT2D eigenvalue weighted by atomic mass is 79.9. The molecule has 0 aliphatic carbocycles. The Morgan fingerprint density at radius 2 is 1.23 bits per heavy atom. The average molecular weight is 369 g/mol. The fourth-order valence-electron chi connectivity index (χ4n) is 1.55. The van der Waals surface area contributed by atoms with Crippen molar-refractivity contribution in [3.8, 4) is 0 Å². The van der Waals surface area contributed by atoms with Gasteiger partial charge in [-0.25, -0.2) is 0 Å². The van der Waals surface area contributed by atoms with Crippen molar-refractivity contribution >= 4 is 27.7 Å². The Bertz CT molecular complexity index is 511. The van der Waals surface area contributed by atoms with Gasteiger partial charge in [-0.1, -0.05) is 69.6 Å². The van der Waals surface area contributed by atoms with Gasteiger partial charge in [0.2, 0.25) is 11.8 Å². The van der Waals surface area contributed by atoms with Gasteiger partial charge in [0.25, 0.3) is 0 Å². The van der Waals surface area contributed by atoms with Gasteiger partial charge in [0.1, 0.15) is 6.17 Å². The highest BCUT2D eigenvalue weighted by Gasteiger charge is 2.28. The van der Waals surface area contributed by atoms with Crippen molar-refractivity contribution in [2.75, 3.05) is 0 Å². The fourth-order valence-corrected chi connectivity index (χ4v) is 1.82. The summed E-state index contributed by atoms with van der Waals surface area (Å²) in [5.41, 5.74) is -0.224. The number of halogens is 1. The Morgan fingerprint density at radius 1 is 0.864 bits per heavy atom. The number of hydrogen-bond acceptors (Lipinski definition) is 2. The smallest absolute Gasteiger partial charge is 0.227 e. The molecule has 0 heterocycles. The molecule has 0 aromatic heterocycles. The first kappa shape index (κ1) is 18.7. The van der Waals surface area contributed by atoms with Crippen molar-refractivity contribution in [1.82, 2.24) is 10.6 Å². The summed E-state index contributed by atoms with van der Waals surface area (Å²) in [6.07, 6.45) is -0.549. The van der Waals surface area contributed by atoms with E-state index < -0.39 is 17.0 Å². The Morgan fingerprint density at radius 3 is 1.55 bits per heavy atom. The van der Waals surface area contributed by atoms with Gasteiger partial charge < -0.3 is 10.6 Å². The second kappa shape index (κ2) is 6.82.